The van der Waals surface area contributed by atoms with Gasteiger partial charge in [0.15, 0.2) is 0 Å². The molecule has 1 heterocycles. The van der Waals surface area contributed by atoms with Crippen LogP contribution in [0.2, 0.25) is 0 Å². The van der Waals surface area contributed by atoms with Gasteiger partial charge >= 0.3 is 0 Å². The van der Waals surface area contributed by atoms with Crippen LogP contribution in [-0.4, -0.2) is 35.3 Å². The fourth-order valence-corrected chi connectivity index (χ4v) is 1.61. The largest absolute Gasteiger partial charge is 0.303 e. The number of rotatable bonds is 4. The molecule has 0 aromatic rings. The quantitative estimate of drug-likeness (QED) is 0.670. The van der Waals surface area contributed by atoms with E-state index in [1.807, 2.05) is 13.8 Å². The molecule has 1 saturated heterocycles. The Bertz CT molecular complexity index is 240. The van der Waals surface area contributed by atoms with Gasteiger partial charge in [0.1, 0.15) is 0 Å². The first kappa shape index (κ1) is 11.2. The number of amides is 2. The van der Waals surface area contributed by atoms with Crippen molar-refractivity contribution in [1.29, 1.82) is 0 Å². The first-order valence-electron chi connectivity index (χ1n) is 5.20. The Morgan fingerprint density at radius 3 is 2.57 bits per heavy atom. The number of imide groups is 1. The van der Waals surface area contributed by atoms with E-state index >= 15 is 0 Å². The molecule has 0 spiro atoms. The Hall–Kier alpha value is -0.900. The van der Waals surface area contributed by atoms with E-state index in [1.54, 1.807) is 0 Å². The van der Waals surface area contributed by atoms with Crippen molar-refractivity contribution in [3.05, 3.63) is 0 Å². The Morgan fingerprint density at radius 2 is 2.14 bits per heavy atom. The third kappa shape index (κ3) is 2.12. The molecule has 0 aliphatic carbocycles. The summed E-state index contributed by atoms with van der Waals surface area (Å²) in [7, 11) is 0. The zero-order valence-electron chi connectivity index (χ0n) is 9.04. The molecule has 4 heteroatoms. The van der Waals surface area contributed by atoms with Crippen molar-refractivity contribution < 1.29 is 9.59 Å². The van der Waals surface area contributed by atoms with Crippen molar-refractivity contribution in [1.82, 2.24) is 10.2 Å². The van der Waals surface area contributed by atoms with E-state index in [0.717, 1.165) is 6.42 Å². The average molecular weight is 198 g/mol. The molecule has 0 bridgehead atoms. The van der Waals surface area contributed by atoms with Crippen molar-refractivity contribution in [2.75, 3.05) is 6.54 Å². The molecule has 1 aliphatic rings. The number of nitrogens with one attached hydrogen (secondary N) is 1. The van der Waals surface area contributed by atoms with Crippen LogP contribution in [0.4, 0.5) is 0 Å². The van der Waals surface area contributed by atoms with Crippen LogP contribution in [-0.2, 0) is 9.59 Å². The lowest BCUT2D eigenvalue weighted by atomic mass is 10.2. The van der Waals surface area contributed by atoms with Gasteiger partial charge < -0.3 is 5.32 Å². The fourth-order valence-electron chi connectivity index (χ4n) is 1.61. The number of carbonyl (C=O) groups is 2. The van der Waals surface area contributed by atoms with Crippen molar-refractivity contribution in [2.45, 2.75) is 45.7 Å². The van der Waals surface area contributed by atoms with Gasteiger partial charge in [-0.2, -0.15) is 0 Å². The van der Waals surface area contributed by atoms with E-state index in [4.69, 9.17) is 0 Å². The SMILES string of the molecule is CCC(C)NC1CC(=O)N(CC)C1=O. The topological polar surface area (TPSA) is 49.4 Å². The predicted octanol–water partition coefficient (Wildman–Crippen LogP) is 0.522. The molecule has 1 fully saturated rings. The minimum atomic E-state index is -0.294. The molecule has 80 valence electrons. The monoisotopic (exact) mass is 198 g/mol. The summed E-state index contributed by atoms with van der Waals surface area (Å²) < 4.78 is 0. The minimum absolute atomic E-state index is 0.0571. The van der Waals surface area contributed by atoms with Gasteiger partial charge in [-0.1, -0.05) is 6.92 Å². The normalized spacial score (nSPS) is 24.5. The molecule has 14 heavy (non-hydrogen) atoms. The lowest BCUT2D eigenvalue weighted by Gasteiger charge is -2.16. The molecular weight excluding hydrogens is 180 g/mol. The van der Waals surface area contributed by atoms with Crippen LogP contribution in [0.25, 0.3) is 0 Å². The molecule has 4 nitrogen and oxygen atoms in total. The smallest absolute Gasteiger partial charge is 0.246 e. The summed E-state index contributed by atoms with van der Waals surface area (Å²) in [6, 6.07) is -0.00837. The maximum Gasteiger partial charge on any atom is 0.246 e. The maximum atomic E-state index is 11.6. The lowest BCUT2D eigenvalue weighted by Crippen LogP contribution is -2.42. The van der Waals surface area contributed by atoms with E-state index < -0.39 is 0 Å². The van der Waals surface area contributed by atoms with Crippen molar-refractivity contribution in [3.8, 4) is 0 Å². The zero-order chi connectivity index (χ0) is 10.7. The molecule has 1 aliphatic heterocycles. The van der Waals surface area contributed by atoms with Crippen LogP contribution < -0.4 is 5.32 Å². The van der Waals surface area contributed by atoms with E-state index in [2.05, 4.69) is 12.2 Å². The first-order chi connectivity index (χ1) is 6.60. The molecule has 0 radical (unpaired) electrons. The van der Waals surface area contributed by atoms with E-state index in [0.29, 0.717) is 13.0 Å². The Balaban J connectivity index is 2.58. The molecule has 2 unspecified atom stereocenters. The molecule has 1 rings (SSSR count). The molecule has 0 aromatic carbocycles. The summed E-state index contributed by atoms with van der Waals surface area (Å²) in [6.45, 7) is 6.38. The number of likely N-dealkylation sites (N-methyl/N-ethyl adjacent to an activating group) is 1. The van der Waals surface area contributed by atoms with E-state index in [-0.39, 0.29) is 23.9 Å². The highest BCUT2D eigenvalue weighted by atomic mass is 16.2. The van der Waals surface area contributed by atoms with E-state index in [9.17, 15) is 9.59 Å². The fraction of sp³-hybridized carbons (Fsp3) is 0.800. The lowest BCUT2D eigenvalue weighted by molar-refractivity contribution is -0.138. The summed E-state index contributed by atoms with van der Waals surface area (Å²) in [4.78, 5) is 24.3. The second-order valence-electron chi connectivity index (χ2n) is 3.71. The molecular formula is C10H18N2O2. The van der Waals surface area contributed by atoms with Crippen LogP contribution in [0.1, 0.15) is 33.6 Å². The molecule has 2 atom stereocenters. The Kier molecular flexibility index (Phi) is 3.63. The maximum absolute atomic E-state index is 11.6. The van der Waals surface area contributed by atoms with Crippen molar-refractivity contribution in [3.63, 3.8) is 0 Å². The van der Waals surface area contributed by atoms with Crippen LogP contribution >= 0.6 is 0 Å². The third-order valence-electron chi connectivity index (χ3n) is 2.66. The summed E-state index contributed by atoms with van der Waals surface area (Å²) in [5.74, 6) is -0.129. The van der Waals surface area contributed by atoms with Crippen LogP contribution in [0.15, 0.2) is 0 Å². The highest BCUT2D eigenvalue weighted by molar-refractivity contribution is 6.05. The number of hydrogen-bond donors (Lipinski definition) is 1. The standard InChI is InChI=1S/C10H18N2O2/c1-4-7(3)11-8-6-9(13)12(5-2)10(8)14/h7-8,11H,4-6H2,1-3H3. The van der Waals surface area contributed by atoms with Crippen molar-refractivity contribution >= 4 is 11.8 Å². The van der Waals surface area contributed by atoms with E-state index in [1.165, 1.54) is 4.90 Å². The number of hydrogen-bond acceptors (Lipinski definition) is 3. The summed E-state index contributed by atoms with van der Waals surface area (Å²) in [5, 5.41) is 3.16. The molecule has 2 amide bonds. The van der Waals surface area contributed by atoms with Gasteiger partial charge in [-0.05, 0) is 20.3 Å². The van der Waals surface area contributed by atoms with Crippen molar-refractivity contribution in [2.24, 2.45) is 0 Å². The zero-order valence-corrected chi connectivity index (χ0v) is 9.04. The molecule has 1 N–H and O–H groups in total. The number of likely N-dealkylation sites (tertiary alicyclic amines) is 1. The summed E-state index contributed by atoms with van der Waals surface area (Å²) in [6.07, 6.45) is 1.28. The van der Waals surface area contributed by atoms with Crippen LogP contribution in [0, 0.1) is 0 Å². The highest BCUT2D eigenvalue weighted by Gasteiger charge is 2.37. The van der Waals surface area contributed by atoms with Gasteiger partial charge in [0.25, 0.3) is 0 Å². The number of nitrogens with zero attached hydrogens (tertiary/aromatic N) is 1. The van der Waals surface area contributed by atoms with Crippen LogP contribution in [0.3, 0.4) is 0 Å². The minimum Gasteiger partial charge on any atom is -0.303 e. The van der Waals surface area contributed by atoms with Gasteiger partial charge in [0, 0.05) is 12.6 Å². The summed E-state index contributed by atoms with van der Waals surface area (Å²) in [5.41, 5.74) is 0. The van der Waals surface area contributed by atoms with Gasteiger partial charge in [-0.15, -0.1) is 0 Å². The Labute approximate surface area is 84.7 Å². The highest BCUT2D eigenvalue weighted by Crippen LogP contribution is 2.13. The first-order valence-corrected chi connectivity index (χ1v) is 5.20. The average Bonchev–Trinajstić information content (AvgIpc) is 2.42. The molecule has 0 aromatic heterocycles. The van der Waals surface area contributed by atoms with Crippen LogP contribution in [0.5, 0.6) is 0 Å². The second kappa shape index (κ2) is 4.55. The van der Waals surface area contributed by atoms with Gasteiger partial charge in [0.2, 0.25) is 11.8 Å². The Morgan fingerprint density at radius 1 is 1.50 bits per heavy atom. The van der Waals surface area contributed by atoms with Gasteiger partial charge in [-0.3, -0.25) is 14.5 Å². The van der Waals surface area contributed by atoms with Gasteiger partial charge in [-0.25, -0.2) is 0 Å². The second-order valence-corrected chi connectivity index (χ2v) is 3.71. The summed E-state index contributed by atoms with van der Waals surface area (Å²) >= 11 is 0. The number of carbonyl (C=O) groups excluding carboxylic acids is 2. The van der Waals surface area contributed by atoms with Gasteiger partial charge in [0.05, 0.1) is 12.5 Å². The molecule has 0 saturated carbocycles. The third-order valence-corrected chi connectivity index (χ3v) is 2.66. The predicted molar refractivity (Wildman–Crippen MR) is 53.7 cm³/mol.